The summed E-state index contributed by atoms with van der Waals surface area (Å²) in [6.07, 6.45) is 0. The maximum Gasteiger partial charge on any atom is 0.221 e. The Morgan fingerprint density at radius 2 is 1.29 bits per heavy atom. The number of benzene rings is 2. The Balaban J connectivity index is 2.24. The number of carbonyl (C=O) groups excluding carboxylic acids is 2. The molecule has 3 heteroatoms. The van der Waals surface area contributed by atoms with Gasteiger partial charge in [-0.1, -0.05) is 42.5 Å². The van der Waals surface area contributed by atoms with Gasteiger partial charge in [0.25, 0.3) is 0 Å². The van der Waals surface area contributed by atoms with Crippen molar-refractivity contribution in [3.05, 3.63) is 54.6 Å². The summed E-state index contributed by atoms with van der Waals surface area (Å²) in [5.41, 5.74) is 0.731. The van der Waals surface area contributed by atoms with Gasteiger partial charge in [0, 0.05) is 0 Å². The third-order valence-corrected chi connectivity index (χ3v) is 3.63. The van der Waals surface area contributed by atoms with E-state index in [0.717, 1.165) is 11.1 Å². The first kappa shape index (κ1) is 15.0. The lowest BCUT2D eigenvalue weighted by atomic mass is 9.97. The molecule has 0 heterocycles. The number of hydrogen-bond acceptors (Lipinski definition) is 3. The number of ketones is 2. The van der Waals surface area contributed by atoms with Gasteiger partial charge >= 0.3 is 0 Å². The summed E-state index contributed by atoms with van der Waals surface area (Å²) in [6.45, 7) is 4.22. The van der Waals surface area contributed by atoms with E-state index in [9.17, 15) is 9.59 Å². The van der Waals surface area contributed by atoms with E-state index < -0.39 is 5.60 Å². The molecule has 2 aromatic rings. The van der Waals surface area contributed by atoms with Crippen LogP contribution in [0.15, 0.2) is 54.6 Å². The maximum atomic E-state index is 11.7. The van der Waals surface area contributed by atoms with Crippen molar-refractivity contribution in [2.75, 3.05) is 0 Å². The van der Waals surface area contributed by atoms with Gasteiger partial charge in [-0.05, 0) is 44.0 Å². The third-order valence-electron chi connectivity index (χ3n) is 3.63. The molecule has 0 radical (unpaired) electrons. The minimum Gasteiger partial charge on any atom is -0.472 e. The van der Waals surface area contributed by atoms with E-state index in [4.69, 9.17) is 4.74 Å². The summed E-state index contributed by atoms with van der Waals surface area (Å²) in [5.74, 6) is -0.105. The average molecular weight is 282 g/mol. The zero-order chi connectivity index (χ0) is 15.5. The highest BCUT2D eigenvalue weighted by Crippen LogP contribution is 2.25. The molecular weight excluding hydrogens is 264 g/mol. The summed E-state index contributed by atoms with van der Waals surface area (Å²) in [7, 11) is 0. The van der Waals surface area contributed by atoms with E-state index >= 15 is 0 Å². The Hall–Kier alpha value is -2.42. The Labute approximate surface area is 124 Å². The van der Waals surface area contributed by atoms with E-state index in [1.165, 1.54) is 20.8 Å². The molecule has 0 unspecified atom stereocenters. The number of rotatable bonds is 5. The van der Waals surface area contributed by atoms with Gasteiger partial charge in [0.05, 0.1) is 0 Å². The molecular formula is C18H18O3. The molecule has 0 bridgehead atoms. The highest BCUT2D eigenvalue weighted by atomic mass is 16.5. The van der Waals surface area contributed by atoms with E-state index in [-0.39, 0.29) is 11.6 Å². The second-order valence-electron chi connectivity index (χ2n) is 5.14. The van der Waals surface area contributed by atoms with Crippen LogP contribution in [0.25, 0.3) is 11.1 Å². The molecule has 21 heavy (non-hydrogen) atoms. The molecule has 0 fully saturated rings. The first-order valence-corrected chi connectivity index (χ1v) is 6.80. The maximum absolute atomic E-state index is 11.7. The van der Waals surface area contributed by atoms with Crippen molar-refractivity contribution in [2.24, 2.45) is 0 Å². The summed E-state index contributed by atoms with van der Waals surface area (Å²) in [5, 5.41) is 0. The van der Waals surface area contributed by atoms with Gasteiger partial charge in [-0.2, -0.15) is 0 Å². The molecule has 0 aliphatic heterocycles. The van der Waals surface area contributed by atoms with Gasteiger partial charge in [-0.25, -0.2) is 0 Å². The van der Waals surface area contributed by atoms with Crippen molar-refractivity contribution in [1.82, 2.24) is 0 Å². The molecule has 3 nitrogen and oxygen atoms in total. The fourth-order valence-electron chi connectivity index (χ4n) is 1.97. The van der Waals surface area contributed by atoms with Gasteiger partial charge in [0.15, 0.2) is 11.6 Å². The lowest BCUT2D eigenvalue weighted by Crippen LogP contribution is -2.46. The number of ether oxygens (including phenoxy) is 1. The van der Waals surface area contributed by atoms with E-state index in [1.54, 1.807) is 12.1 Å². The predicted octanol–water partition coefficient (Wildman–Crippen LogP) is 3.67. The van der Waals surface area contributed by atoms with Crippen LogP contribution >= 0.6 is 0 Å². The smallest absolute Gasteiger partial charge is 0.221 e. The number of Topliss-reactive ketones (excluding diaryl/α,β-unsaturated/α-hetero) is 2. The molecule has 0 saturated heterocycles. The van der Waals surface area contributed by atoms with Crippen LogP contribution in [0.1, 0.15) is 20.8 Å². The fourth-order valence-corrected chi connectivity index (χ4v) is 1.97. The third kappa shape index (κ3) is 3.19. The summed E-state index contributed by atoms with van der Waals surface area (Å²) in [4.78, 5) is 23.3. The topological polar surface area (TPSA) is 43.4 Å². The normalized spacial score (nSPS) is 11.0. The fraction of sp³-hybridized carbons (Fsp3) is 0.222. The number of carbonyl (C=O) groups is 2. The Morgan fingerprint density at radius 1 is 0.810 bits per heavy atom. The molecule has 0 amide bonds. The van der Waals surface area contributed by atoms with Crippen molar-refractivity contribution >= 4 is 11.6 Å². The summed E-state index contributed by atoms with van der Waals surface area (Å²) in [6, 6.07) is 17.3. The van der Waals surface area contributed by atoms with Crippen LogP contribution in [0, 0.1) is 0 Å². The monoisotopic (exact) mass is 282 g/mol. The molecule has 0 aliphatic rings. The van der Waals surface area contributed by atoms with Crippen molar-refractivity contribution in [1.29, 1.82) is 0 Å². The minimum absolute atomic E-state index is 0.304. The molecule has 0 aliphatic carbocycles. The van der Waals surface area contributed by atoms with Crippen molar-refractivity contribution in [3.63, 3.8) is 0 Å². The molecule has 2 aromatic carbocycles. The Morgan fingerprint density at radius 3 is 1.76 bits per heavy atom. The molecule has 0 spiro atoms. The lowest BCUT2D eigenvalue weighted by Gasteiger charge is -2.25. The van der Waals surface area contributed by atoms with Crippen molar-refractivity contribution < 1.29 is 14.3 Å². The van der Waals surface area contributed by atoms with Crippen LogP contribution in [0.5, 0.6) is 5.75 Å². The molecule has 108 valence electrons. The molecule has 0 N–H and O–H groups in total. The number of hydrogen-bond donors (Lipinski definition) is 0. The first-order valence-electron chi connectivity index (χ1n) is 6.80. The highest BCUT2D eigenvalue weighted by molar-refractivity contribution is 6.08. The SMILES string of the molecule is CC(=O)C(C)(Oc1ccc(-c2ccccc2)cc1)C(C)=O. The largest absolute Gasteiger partial charge is 0.472 e. The van der Waals surface area contributed by atoms with Crippen molar-refractivity contribution in [2.45, 2.75) is 26.4 Å². The second-order valence-corrected chi connectivity index (χ2v) is 5.14. The minimum atomic E-state index is -1.42. The van der Waals surface area contributed by atoms with Crippen LogP contribution in [0.2, 0.25) is 0 Å². The zero-order valence-electron chi connectivity index (χ0n) is 12.4. The summed E-state index contributed by atoms with van der Waals surface area (Å²) >= 11 is 0. The summed E-state index contributed by atoms with van der Waals surface area (Å²) < 4.78 is 5.62. The average Bonchev–Trinajstić information content (AvgIpc) is 2.48. The van der Waals surface area contributed by atoms with Gasteiger partial charge in [-0.3, -0.25) is 9.59 Å². The van der Waals surface area contributed by atoms with Crippen LogP contribution in [0.4, 0.5) is 0 Å². The highest BCUT2D eigenvalue weighted by Gasteiger charge is 2.37. The van der Waals surface area contributed by atoms with Crippen LogP contribution < -0.4 is 4.74 Å². The Bertz CT molecular complexity index is 628. The standard InChI is InChI=1S/C18H18O3/c1-13(19)18(3,14(2)20)21-17-11-9-16(10-12-17)15-7-5-4-6-8-15/h4-12H,1-3H3. The van der Waals surface area contributed by atoms with Gasteiger partial charge in [-0.15, -0.1) is 0 Å². The van der Waals surface area contributed by atoms with E-state index in [1.807, 2.05) is 42.5 Å². The molecule has 0 aromatic heterocycles. The molecule has 0 atom stereocenters. The second kappa shape index (κ2) is 5.92. The van der Waals surface area contributed by atoms with Gasteiger partial charge in [0.2, 0.25) is 5.60 Å². The van der Waals surface area contributed by atoms with E-state index in [0.29, 0.717) is 5.75 Å². The lowest BCUT2D eigenvalue weighted by molar-refractivity contribution is -0.143. The zero-order valence-corrected chi connectivity index (χ0v) is 12.4. The van der Waals surface area contributed by atoms with Crippen LogP contribution in [-0.2, 0) is 9.59 Å². The van der Waals surface area contributed by atoms with Gasteiger partial charge in [0.1, 0.15) is 5.75 Å². The Kier molecular flexibility index (Phi) is 4.22. The van der Waals surface area contributed by atoms with Crippen LogP contribution in [0.3, 0.4) is 0 Å². The quantitative estimate of drug-likeness (QED) is 0.786. The molecule has 2 rings (SSSR count). The predicted molar refractivity (Wildman–Crippen MR) is 82.3 cm³/mol. The van der Waals surface area contributed by atoms with E-state index in [2.05, 4.69) is 0 Å². The van der Waals surface area contributed by atoms with Gasteiger partial charge < -0.3 is 4.74 Å². The first-order chi connectivity index (χ1) is 9.93. The molecule has 0 saturated carbocycles. The van der Waals surface area contributed by atoms with Crippen LogP contribution in [-0.4, -0.2) is 17.2 Å². The van der Waals surface area contributed by atoms with Crippen molar-refractivity contribution in [3.8, 4) is 16.9 Å².